The molecule has 2 aliphatic heterocycles. The molecule has 0 unspecified atom stereocenters. The van der Waals surface area contributed by atoms with E-state index in [1.807, 2.05) is 23.0 Å². The lowest BCUT2D eigenvalue weighted by Crippen LogP contribution is -2.49. The molecule has 0 atom stereocenters. The van der Waals surface area contributed by atoms with Crippen molar-refractivity contribution in [2.45, 2.75) is 51.8 Å². The Morgan fingerprint density at radius 3 is 2.71 bits per heavy atom. The van der Waals surface area contributed by atoms with E-state index in [2.05, 4.69) is 32.7 Å². The lowest BCUT2D eigenvalue weighted by Gasteiger charge is -2.41. The molecule has 2 aromatic rings. The number of benzene rings is 1. The third kappa shape index (κ3) is 5.62. The smallest absolute Gasteiger partial charge is 0.226 e. The average Bonchev–Trinajstić information content (AvgIpc) is 3.25. The minimum Gasteiger partial charge on any atom is -0.497 e. The van der Waals surface area contributed by atoms with Crippen LogP contribution in [0.1, 0.15) is 43.4 Å². The number of methoxy groups -OCH3 is 1. The largest absolute Gasteiger partial charge is 0.497 e. The van der Waals surface area contributed by atoms with Gasteiger partial charge in [0.25, 0.3) is 0 Å². The van der Waals surface area contributed by atoms with Crippen LogP contribution in [0.15, 0.2) is 30.5 Å². The second-order valence-electron chi connectivity index (χ2n) is 8.64. The molecule has 2 aliphatic rings. The molecular weight excluding hydrogens is 394 g/mol. The van der Waals surface area contributed by atoms with Crippen molar-refractivity contribution in [2.24, 2.45) is 5.41 Å². The number of amides is 1. The van der Waals surface area contributed by atoms with Crippen molar-refractivity contribution < 1.29 is 14.3 Å². The van der Waals surface area contributed by atoms with Crippen molar-refractivity contribution in [1.82, 2.24) is 25.2 Å². The van der Waals surface area contributed by atoms with Gasteiger partial charge in [0, 0.05) is 19.6 Å². The molecule has 2 bridgehead atoms. The van der Waals surface area contributed by atoms with Gasteiger partial charge in [0.2, 0.25) is 5.91 Å². The summed E-state index contributed by atoms with van der Waals surface area (Å²) in [5.74, 6) is 1.07. The van der Waals surface area contributed by atoms with Crippen molar-refractivity contribution in [2.75, 3.05) is 33.4 Å². The summed E-state index contributed by atoms with van der Waals surface area (Å²) in [6.45, 7) is 5.05. The summed E-state index contributed by atoms with van der Waals surface area (Å²) in [4.78, 5) is 15.6. The first kappa shape index (κ1) is 21.8. The highest BCUT2D eigenvalue weighted by molar-refractivity contribution is 5.82. The van der Waals surface area contributed by atoms with Crippen LogP contribution in [0, 0.1) is 5.41 Å². The Labute approximate surface area is 183 Å². The first-order valence-electron chi connectivity index (χ1n) is 11.3. The summed E-state index contributed by atoms with van der Waals surface area (Å²) in [6.07, 6.45) is 6.66. The highest BCUT2D eigenvalue weighted by Crippen LogP contribution is 2.37. The number of likely N-dealkylation sites (tertiary alicyclic amines) is 1. The molecule has 1 spiro atoms. The molecule has 0 radical (unpaired) electrons. The zero-order valence-electron chi connectivity index (χ0n) is 18.4. The molecule has 1 aromatic carbocycles. The summed E-state index contributed by atoms with van der Waals surface area (Å²) in [5.41, 5.74) is 1.83. The van der Waals surface area contributed by atoms with E-state index in [-0.39, 0.29) is 11.3 Å². The summed E-state index contributed by atoms with van der Waals surface area (Å²) < 4.78 is 12.8. The number of hydrogen-bond donors (Lipinski definition) is 1. The Balaban J connectivity index is 1.36. The third-order valence-corrected chi connectivity index (χ3v) is 6.52. The van der Waals surface area contributed by atoms with Crippen molar-refractivity contribution in [3.8, 4) is 5.75 Å². The van der Waals surface area contributed by atoms with Gasteiger partial charge in [-0.2, -0.15) is 0 Å². The highest BCUT2D eigenvalue weighted by atomic mass is 16.5. The van der Waals surface area contributed by atoms with E-state index in [0.717, 1.165) is 69.7 Å². The van der Waals surface area contributed by atoms with E-state index in [1.54, 1.807) is 7.11 Å². The molecule has 1 aromatic heterocycles. The number of ether oxygens (including phenoxy) is 2. The number of nitrogens with zero attached hydrogens (tertiary/aromatic N) is 4. The molecular formula is C23H33N5O3. The summed E-state index contributed by atoms with van der Waals surface area (Å²) >= 11 is 0. The second kappa shape index (κ2) is 10.2. The van der Waals surface area contributed by atoms with Gasteiger partial charge in [0.05, 0.1) is 31.9 Å². The van der Waals surface area contributed by atoms with Gasteiger partial charge in [-0.3, -0.25) is 14.4 Å². The maximum absolute atomic E-state index is 13.2. The number of hydrogen-bond acceptors (Lipinski definition) is 6. The van der Waals surface area contributed by atoms with Crippen LogP contribution in [0.4, 0.5) is 0 Å². The lowest BCUT2D eigenvalue weighted by atomic mass is 9.73. The predicted octanol–water partition coefficient (Wildman–Crippen LogP) is 2.39. The maximum Gasteiger partial charge on any atom is 0.226 e. The van der Waals surface area contributed by atoms with Crippen molar-refractivity contribution in [3.05, 3.63) is 41.7 Å². The Bertz CT molecular complexity index is 843. The number of carbonyl (C=O) groups is 1. The van der Waals surface area contributed by atoms with Gasteiger partial charge >= 0.3 is 0 Å². The quantitative estimate of drug-likeness (QED) is 0.810. The molecule has 1 fully saturated rings. The molecule has 8 heteroatoms. The third-order valence-electron chi connectivity index (χ3n) is 6.52. The summed E-state index contributed by atoms with van der Waals surface area (Å²) in [7, 11) is 1.69. The summed E-state index contributed by atoms with van der Waals surface area (Å²) in [6, 6.07) is 8.25. The normalized spacial score (nSPS) is 20.7. The van der Waals surface area contributed by atoms with Crippen LogP contribution in [0.25, 0.3) is 0 Å². The number of piperidine rings is 1. The Morgan fingerprint density at radius 2 is 1.94 bits per heavy atom. The van der Waals surface area contributed by atoms with Crippen LogP contribution in [0.3, 0.4) is 0 Å². The van der Waals surface area contributed by atoms with Gasteiger partial charge in [0.1, 0.15) is 11.4 Å². The van der Waals surface area contributed by atoms with E-state index in [4.69, 9.17) is 9.47 Å². The fourth-order valence-electron chi connectivity index (χ4n) is 4.57. The van der Waals surface area contributed by atoms with Gasteiger partial charge in [-0.1, -0.05) is 23.8 Å². The molecule has 0 aliphatic carbocycles. The fraction of sp³-hybridized carbons (Fsp3) is 0.609. The topological polar surface area (TPSA) is 81.5 Å². The Kier molecular flexibility index (Phi) is 7.19. The van der Waals surface area contributed by atoms with Crippen LogP contribution >= 0.6 is 0 Å². The number of aromatic nitrogens is 3. The van der Waals surface area contributed by atoms with Gasteiger partial charge < -0.3 is 14.8 Å². The molecule has 1 amide bonds. The van der Waals surface area contributed by atoms with Gasteiger partial charge in [-0.25, -0.2) is 0 Å². The standard InChI is InChI=1S/C23H33N5O3/c1-30-21-6-4-19(5-7-21)16-27-13-9-23(10-14-27)8-2-3-12-28-17-20(25-26-28)18-31-15-11-24-22(23)29/h4-7,17H,2-3,8-16,18H2,1H3,(H,24,29). The number of fused-ring (bicyclic) bond motifs is 2. The lowest BCUT2D eigenvalue weighted by molar-refractivity contribution is -0.135. The zero-order valence-corrected chi connectivity index (χ0v) is 18.4. The highest BCUT2D eigenvalue weighted by Gasteiger charge is 2.40. The van der Waals surface area contributed by atoms with Gasteiger partial charge in [-0.15, -0.1) is 5.10 Å². The van der Waals surface area contributed by atoms with Crippen molar-refractivity contribution in [3.63, 3.8) is 0 Å². The molecule has 31 heavy (non-hydrogen) atoms. The molecule has 3 heterocycles. The van der Waals surface area contributed by atoms with Gasteiger partial charge in [-0.05, 0) is 56.5 Å². The van der Waals surface area contributed by atoms with Crippen LogP contribution in [-0.2, 0) is 29.2 Å². The number of aryl methyl sites for hydroxylation is 1. The molecule has 168 valence electrons. The predicted molar refractivity (Wildman–Crippen MR) is 116 cm³/mol. The second-order valence-corrected chi connectivity index (χ2v) is 8.64. The van der Waals surface area contributed by atoms with Crippen molar-refractivity contribution >= 4 is 5.91 Å². The van der Waals surface area contributed by atoms with Crippen LogP contribution < -0.4 is 10.1 Å². The van der Waals surface area contributed by atoms with E-state index in [9.17, 15) is 4.79 Å². The first-order chi connectivity index (χ1) is 15.2. The number of rotatable bonds is 3. The zero-order chi connectivity index (χ0) is 21.5. The van der Waals surface area contributed by atoms with E-state index in [0.29, 0.717) is 19.8 Å². The average molecular weight is 428 g/mol. The Hall–Kier alpha value is -2.45. The van der Waals surface area contributed by atoms with E-state index in [1.165, 1.54) is 5.56 Å². The number of carbonyl (C=O) groups excluding carboxylic acids is 1. The van der Waals surface area contributed by atoms with Gasteiger partial charge in [0.15, 0.2) is 0 Å². The minimum atomic E-state index is -0.284. The van der Waals surface area contributed by atoms with Crippen molar-refractivity contribution in [1.29, 1.82) is 0 Å². The Morgan fingerprint density at radius 1 is 1.13 bits per heavy atom. The molecule has 1 saturated heterocycles. The first-order valence-corrected chi connectivity index (χ1v) is 11.3. The fourth-order valence-corrected chi connectivity index (χ4v) is 4.57. The van der Waals surface area contributed by atoms with E-state index >= 15 is 0 Å². The monoisotopic (exact) mass is 427 g/mol. The van der Waals surface area contributed by atoms with Crippen LogP contribution in [0.5, 0.6) is 5.75 Å². The van der Waals surface area contributed by atoms with Crippen LogP contribution in [0.2, 0.25) is 0 Å². The van der Waals surface area contributed by atoms with E-state index < -0.39 is 0 Å². The summed E-state index contributed by atoms with van der Waals surface area (Å²) in [5, 5.41) is 11.5. The minimum absolute atomic E-state index is 0.189. The molecule has 1 N–H and O–H groups in total. The van der Waals surface area contributed by atoms with Crippen LogP contribution in [-0.4, -0.2) is 59.2 Å². The number of nitrogens with one attached hydrogen (secondary N) is 1. The SMILES string of the molecule is COc1ccc(CN2CCC3(CCCCn4cc(nn4)COCCNC3=O)CC2)cc1. The maximum atomic E-state index is 13.2. The molecule has 0 saturated carbocycles. The molecule has 4 rings (SSSR count). The molecule has 8 nitrogen and oxygen atoms in total.